The third-order valence-corrected chi connectivity index (χ3v) is 3.98. The molecule has 0 saturated carbocycles. The van der Waals surface area contributed by atoms with E-state index in [1.807, 2.05) is 42.6 Å². The first-order valence-corrected chi connectivity index (χ1v) is 7.46. The molecule has 4 aromatic rings. The lowest BCUT2D eigenvalue weighted by molar-refractivity contribution is 0.396. The van der Waals surface area contributed by atoms with Crippen LogP contribution >= 0.6 is 0 Å². The van der Waals surface area contributed by atoms with Gasteiger partial charge in [-0.15, -0.1) is 0 Å². The molecule has 4 N–H and O–H groups in total. The van der Waals surface area contributed by atoms with Gasteiger partial charge in [-0.25, -0.2) is 9.97 Å². The number of fused-ring (bicyclic) bond motifs is 3. The van der Waals surface area contributed by atoms with Crippen molar-refractivity contribution < 1.29 is 4.74 Å². The summed E-state index contributed by atoms with van der Waals surface area (Å²) in [5.74, 6) is 1.17. The molecule has 0 atom stereocenters. The van der Waals surface area contributed by atoms with Crippen LogP contribution in [-0.2, 0) is 6.54 Å². The van der Waals surface area contributed by atoms with Gasteiger partial charge >= 0.3 is 0 Å². The van der Waals surface area contributed by atoms with Gasteiger partial charge < -0.3 is 20.8 Å². The highest BCUT2D eigenvalue weighted by Crippen LogP contribution is 2.29. The van der Waals surface area contributed by atoms with Crippen LogP contribution < -0.4 is 16.2 Å². The van der Waals surface area contributed by atoms with E-state index in [0.717, 1.165) is 27.5 Å². The Bertz CT molecular complexity index is 1060. The molecule has 0 unspecified atom stereocenters. The van der Waals surface area contributed by atoms with Gasteiger partial charge in [0.25, 0.3) is 0 Å². The second kappa shape index (κ2) is 5.38. The molecule has 0 fully saturated rings. The van der Waals surface area contributed by atoms with Gasteiger partial charge in [0.15, 0.2) is 0 Å². The number of rotatable bonds is 3. The molecule has 24 heavy (non-hydrogen) atoms. The summed E-state index contributed by atoms with van der Waals surface area (Å²) in [6, 6.07) is 11.6. The average Bonchev–Trinajstić information content (AvgIpc) is 2.97. The highest BCUT2D eigenvalue weighted by molar-refractivity contribution is 6.10. The smallest absolute Gasteiger partial charge is 0.222 e. The second-order valence-corrected chi connectivity index (χ2v) is 5.47. The minimum absolute atomic E-state index is 0.180. The predicted molar refractivity (Wildman–Crippen MR) is 93.7 cm³/mol. The summed E-state index contributed by atoms with van der Waals surface area (Å²) in [7, 11) is 1.61. The summed E-state index contributed by atoms with van der Waals surface area (Å²) in [6.45, 7) is 0.627. The highest BCUT2D eigenvalue weighted by atomic mass is 16.5. The fourth-order valence-corrected chi connectivity index (χ4v) is 2.92. The molecule has 0 spiro atoms. The quantitative estimate of drug-likeness (QED) is 0.599. The van der Waals surface area contributed by atoms with Crippen LogP contribution in [0.4, 0.5) is 11.8 Å². The van der Waals surface area contributed by atoms with E-state index in [-0.39, 0.29) is 5.95 Å². The Morgan fingerprint density at radius 2 is 1.92 bits per heavy atom. The molecule has 3 aromatic heterocycles. The molecule has 7 nitrogen and oxygen atoms in total. The molecule has 0 aliphatic rings. The number of nitrogens with two attached hydrogens (primary N) is 2. The number of hydrogen-bond donors (Lipinski definition) is 2. The first-order valence-electron chi connectivity index (χ1n) is 7.46. The minimum atomic E-state index is 0.180. The van der Waals surface area contributed by atoms with E-state index in [1.54, 1.807) is 7.11 Å². The number of ether oxygens (including phenoxy) is 1. The predicted octanol–water partition coefficient (Wildman–Crippen LogP) is 2.20. The Balaban J connectivity index is 1.84. The normalized spacial score (nSPS) is 11.2. The number of anilines is 2. The van der Waals surface area contributed by atoms with Crippen LogP contribution in [-0.4, -0.2) is 26.6 Å². The summed E-state index contributed by atoms with van der Waals surface area (Å²) in [4.78, 5) is 12.8. The van der Waals surface area contributed by atoms with Crippen molar-refractivity contribution in [2.45, 2.75) is 6.54 Å². The van der Waals surface area contributed by atoms with E-state index in [4.69, 9.17) is 16.2 Å². The van der Waals surface area contributed by atoms with Crippen LogP contribution in [0.1, 0.15) is 5.69 Å². The van der Waals surface area contributed by atoms with Crippen molar-refractivity contribution in [3.05, 3.63) is 48.3 Å². The molecule has 7 heteroatoms. The zero-order chi connectivity index (χ0) is 16.7. The second-order valence-electron chi connectivity index (χ2n) is 5.47. The summed E-state index contributed by atoms with van der Waals surface area (Å²) in [5, 5.41) is 1.81. The first kappa shape index (κ1) is 14.3. The van der Waals surface area contributed by atoms with Crippen LogP contribution in [0.15, 0.2) is 42.6 Å². The summed E-state index contributed by atoms with van der Waals surface area (Å²) in [5.41, 5.74) is 14.4. The molecule has 0 aliphatic carbocycles. The highest BCUT2D eigenvalue weighted by Gasteiger charge is 2.11. The van der Waals surface area contributed by atoms with Gasteiger partial charge in [0, 0.05) is 23.2 Å². The molecule has 0 radical (unpaired) electrons. The number of benzene rings is 1. The van der Waals surface area contributed by atoms with Gasteiger partial charge in [-0.3, -0.25) is 0 Å². The maximum absolute atomic E-state index is 6.05. The molecule has 120 valence electrons. The topological polar surface area (TPSA) is 105 Å². The lowest BCUT2D eigenvalue weighted by Gasteiger charge is -2.08. The van der Waals surface area contributed by atoms with Crippen molar-refractivity contribution in [3.63, 3.8) is 0 Å². The maximum Gasteiger partial charge on any atom is 0.222 e. The molecule has 4 rings (SSSR count). The van der Waals surface area contributed by atoms with Crippen molar-refractivity contribution >= 4 is 33.6 Å². The Kier molecular flexibility index (Phi) is 3.19. The van der Waals surface area contributed by atoms with E-state index < -0.39 is 0 Å². The van der Waals surface area contributed by atoms with Crippen molar-refractivity contribution in [1.29, 1.82) is 0 Å². The SMILES string of the molecule is COc1cccc(Cn2ccc3c4c(N)nc(N)nc4ccc32)n1. The number of nitrogen functional groups attached to an aromatic ring is 2. The van der Waals surface area contributed by atoms with Gasteiger partial charge in [-0.2, -0.15) is 4.98 Å². The van der Waals surface area contributed by atoms with Gasteiger partial charge in [-0.05, 0) is 24.3 Å². The van der Waals surface area contributed by atoms with E-state index in [9.17, 15) is 0 Å². The van der Waals surface area contributed by atoms with Crippen LogP contribution in [0.2, 0.25) is 0 Å². The molecule has 0 amide bonds. The fraction of sp³-hybridized carbons (Fsp3) is 0.118. The van der Waals surface area contributed by atoms with Crippen LogP contribution in [0, 0.1) is 0 Å². The average molecular weight is 320 g/mol. The lowest BCUT2D eigenvalue weighted by Crippen LogP contribution is -2.02. The van der Waals surface area contributed by atoms with E-state index in [2.05, 4.69) is 19.5 Å². The Morgan fingerprint density at radius 3 is 2.75 bits per heavy atom. The van der Waals surface area contributed by atoms with E-state index in [1.165, 1.54) is 0 Å². The van der Waals surface area contributed by atoms with Crippen molar-refractivity contribution in [3.8, 4) is 5.88 Å². The van der Waals surface area contributed by atoms with Gasteiger partial charge in [0.2, 0.25) is 11.8 Å². The largest absolute Gasteiger partial charge is 0.481 e. The minimum Gasteiger partial charge on any atom is -0.481 e. The first-order chi connectivity index (χ1) is 11.7. The number of aromatic nitrogens is 4. The van der Waals surface area contributed by atoms with Crippen molar-refractivity contribution in [2.24, 2.45) is 0 Å². The number of methoxy groups -OCH3 is 1. The number of pyridine rings is 1. The molecule has 0 bridgehead atoms. The molecular formula is C17H16N6O. The third kappa shape index (κ3) is 2.26. The zero-order valence-electron chi connectivity index (χ0n) is 13.1. The number of hydrogen-bond acceptors (Lipinski definition) is 6. The fourth-order valence-electron chi connectivity index (χ4n) is 2.92. The van der Waals surface area contributed by atoms with E-state index in [0.29, 0.717) is 18.2 Å². The zero-order valence-corrected chi connectivity index (χ0v) is 13.1. The Labute approximate surface area is 137 Å². The maximum atomic E-state index is 6.05. The van der Waals surface area contributed by atoms with Crippen LogP contribution in [0.25, 0.3) is 21.8 Å². The summed E-state index contributed by atoms with van der Waals surface area (Å²) in [6.07, 6.45) is 2.00. The molecular weight excluding hydrogens is 304 g/mol. The summed E-state index contributed by atoms with van der Waals surface area (Å²) < 4.78 is 7.28. The van der Waals surface area contributed by atoms with Gasteiger partial charge in [0.05, 0.1) is 30.3 Å². The number of nitrogens with zero attached hydrogens (tertiary/aromatic N) is 4. The molecule has 3 heterocycles. The lowest BCUT2D eigenvalue weighted by atomic mass is 10.1. The third-order valence-electron chi connectivity index (χ3n) is 3.98. The van der Waals surface area contributed by atoms with Crippen molar-refractivity contribution in [2.75, 3.05) is 18.6 Å². The van der Waals surface area contributed by atoms with E-state index >= 15 is 0 Å². The van der Waals surface area contributed by atoms with Gasteiger partial charge in [-0.1, -0.05) is 6.07 Å². The molecule has 0 saturated heterocycles. The standard InChI is InChI=1S/C17H16N6O/c1-24-14-4-2-3-10(20-14)9-23-8-7-11-13(23)6-5-12-15(11)16(18)22-17(19)21-12/h2-8H,9H2,1H3,(H4,18,19,21,22). The molecule has 0 aliphatic heterocycles. The van der Waals surface area contributed by atoms with Gasteiger partial charge in [0.1, 0.15) is 5.82 Å². The van der Waals surface area contributed by atoms with Crippen molar-refractivity contribution in [1.82, 2.24) is 19.5 Å². The Morgan fingerprint density at radius 1 is 1.04 bits per heavy atom. The van der Waals surface area contributed by atoms with Crippen LogP contribution in [0.5, 0.6) is 5.88 Å². The summed E-state index contributed by atoms with van der Waals surface area (Å²) >= 11 is 0. The Hall–Kier alpha value is -3.35. The monoisotopic (exact) mass is 320 g/mol. The van der Waals surface area contributed by atoms with Crippen LogP contribution in [0.3, 0.4) is 0 Å². The molecule has 1 aromatic carbocycles.